The molecule has 0 aliphatic carbocycles. The molecule has 0 saturated carbocycles. The Morgan fingerprint density at radius 1 is 1.10 bits per heavy atom. The summed E-state index contributed by atoms with van der Waals surface area (Å²) >= 11 is 0. The van der Waals surface area contributed by atoms with E-state index >= 15 is 0 Å². The van der Waals surface area contributed by atoms with E-state index in [9.17, 15) is 14.0 Å². The van der Waals surface area contributed by atoms with E-state index in [1.807, 2.05) is 27.0 Å². The number of nitrogens with one attached hydrogen (secondary N) is 2. The summed E-state index contributed by atoms with van der Waals surface area (Å²) in [4.78, 5) is 29.2. The second kappa shape index (κ2) is 8.68. The highest BCUT2D eigenvalue weighted by Crippen LogP contribution is 2.20. The Morgan fingerprint density at radius 3 is 2.45 bits per heavy atom. The van der Waals surface area contributed by atoms with E-state index in [-0.39, 0.29) is 24.2 Å². The van der Waals surface area contributed by atoms with Crippen molar-refractivity contribution in [3.63, 3.8) is 0 Å². The van der Waals surface area contributed by atoms with E-state index in [0.717, 1.165) is 11.1 Å². The van der Waals surface area contributed by atoms with Gasteiger partial charge in [0, 0.05) is 25.0 Å². The van der Waals surface area contributed by atoms with Crippen LogP contribution in [0.1, 0.15) is 38.9 Å². The first-order valence-electron chi connectivity index (χ1n) is 9.22. The molecule has 0 unspecified atom stereocenters. The molecule has 29 heavy (non-hydrogen) atoms. The fourth-order valence-corrected chi connectivity index (χ4v) is 2.96. The van der Waals surface area contributed by atoms with Crippen molar-refractivity contribution in [1.29, 1.82) is 0 Å². The van der Waals surface area contributed by atoms with Crippen LogP contribution in [-0.4, -0.2) is 27.9 Å². The Bertz CT molecular complexity index is 1030. The van der Waals surface area contributed by atoms with Crippen molar-refractivity contribution in [3.05, 3.63) is 88.8 Å². The molecule has 7 heteroatoms. The summed E-state index contributed by atoms with van der Waals surface area (Å²) in [6.45, 7) is 3.71. The number of amides is 2. The zero-order chi connectivity index (χ0) is 21.0. The molecule has 0 saturated heterocycles. The highest BCUT2D eigenvalue weighted by molar-refractivity contribution is 5.96. The summed E-state index contributed by atoms with van der Waals surface area (Å²) in [5, 5.41) is 5.50. The summed E-state index contributed by atoms with van der Waals surface area (Å²) < 4.78 is 15.1. The van der Waals surface area contributed by atoms with Crippen LogP contribution in [0.4, 0.5) is 4.39 Å². The molecule has 3 rings (SSSR count). The Kier molecular flexibility index (Phi) is 6.07. The number of nitrogens with zero attached hydrogens (tertiary/aromatic N) is 2. The minimum atomic E-state index is -0.568. The molecule has 0 spiro atoms. The van der Waals surface area contributed by atoms with E-state index in [1.165, 1.54) is 12.1 Å². The van der Waals surface area contributed by atoms with Gasteiger partial charge in [0.1, 0.15) is 17.7 Å². The molecule has 1 aromatic heterocycles. The average Bonchev–Trinajstić information content (AvgIpc) is 3.12. The largest absolute Gasteiger partial charge is 0.343 e. The van der Waals surface area contributed by atoms with Gasteiger partial charge >= 0.3 is 0 Å². The van der Waals surface area contributed by atoms with Crippen LogP contribution >= 0.6 is 0 Å². The molecular weight excluding hydrogens is 371 g/mol. The van der Waals surface area contributed by atoms with Gasteiger partial charge in [0.25, 0.3) is 5.91 Å². The number of carbonyl (C=O) groups is 2. The van der Waals surface area contributed by atoms with Crippen LogP contribution in [0.5, 0.6) is 0 Å². The number of hydrogen-bond acceptors (Lipinski definition) is 3. The van der Waals surface area contributed by atoms with Crippen molar-refractivity contribution in [2.75, 3.05) is 6.54 Å². The summed E-state index contributed by atoms with van der Waals surface area (Å²) in [6, 6.07) is 10.7. The van der Waals surface area contributed by atoms with Crippen LogP contribution < -0.4 is 10.6 Å². The van der Waals surface area contributed by atoms with Gasteiger partial charge in [-0.3, -0.25) is 9.59 Å². The Balaban J connectivity index is 1.70. The molecule has 0 bridgehead atoms. The number of benzene rings is 2. The minimum Gasteiger partial charge on any atom is -0.343 e. The molecule has 2 N–H and O–H groups in total. The topological polar surface area (TPSA) is 76.0 Å². The lowest BCUT2D eigenvalue weighted by atomic mass is 10.1. The van der Waals surface area contributed by atoms with Crippen LogP contribution in [0, 0.1) is 19.7 Å². The molecule has 0 radical (unpaired) electrons. The number of imidazole rings is 1. The lowest BCUT2D eigenvalue weighted by Gasteiger charge is -2.19. The van der Waals surface area contributed by atoms with Crippen LogP contribution in [0.15, 0.2) is 54.9 Å². The summed E-state index contributed by atoms with van der Waals surface area (Å²) in [5.74, 6) is -0.456. The van der Waals surface area contributed by atoms with Gasteiger partial charge in [-0.2, -0.15) is 0 Å². The molecule has 3 aromatic rings. The predicted octanol–water partition coefficient (Wildman–Crippen LogP) is 2.81. The first-order chi connectivity index (χ1) is 13.8. The molecule has 1 atom stereocenters. The number of hydrogen-bond donors (Lipinski definition) is 2. The second-order valence-corrected chi connectivity index (χ2v) is 6.93. The second-order valence-electron chi connectivity index (χ2n) is 6.93. The van der Waals surface area contributed by atoms with Gasteiger partial charge < -0.3 is 15.2 Å². The number of halogens is 1. The number of rotatable bonds is 6. The van der Waals surface area contributed by atoms with Gasteiger partial charge in [-0.1, -0.05) is 18.2 Å². The van der Waals surface area contributed by atoms with E-state index in [1.54, 1.807) is 41.2 Å². The maximum Gasteiger partial charge on any atom is 0.251 e. The Labute approximate surface area is 168 Å². The molecule has 2 aromatic carbocycles. The summed E-state index contributed by atoms with van der Waals surface area (Å²) in [7, 11) is 1.81. The quantitative estimate of drug-likeness (QED) is 0.675. The molecule has 0 fully saturated rings. The fraction of sp³-hybridized carbons (Fsp3) is 0.227. The van der Waals surface area contributed by atoms with E-state index in [0.29, 0.717) is 17.0 Å². The van der Waals surface area contributed by atoms with Crippen molar-refractivity contribution in [2.45, 2.75) is 19.9 Å². The summed E-state index contributed by atoms with van der Waals surface area (Å²) in [6.07, 6.45) is 3.39. The Morgan fingerprint density at radius 2 is 1.83 bits per heavy atom. The van der Waals surface area contributed by atoms with Gasteiger partial charge in [-0.15, -0.1) is 0 Å². The molecule has 150 valence electrons. The molecule has 0 aliphatic rings. The molecule has 2 amide bonds. The highest BCUT2D eigenvalue weighted by atomic mass is 19.1. The summed E-state index contributed by atoms with van der Waals surface area (Å²) in [5.41, 5.74) is 3.29. The van der Waals surface area contributed by atoms with E-state index in [2.05, 4.69) is 15.6 Å². The smallest absolute Gasteiger partial charge is 0.251 e. The fourth-order valence-electron chi connectivity index (χ4n) is 2.96. The van der Waals surface area contributed by atoms with Crippen LogP contribution in [0.2, 0.25) is 0 Å². The van der Waals surface area contributed by atoms with Gasteiger partial charge in [-0.05, 0) is 54.8 Å². The maximum atomic E-state index is 13.3. The van der Waals surface area contributed by atoms with Crippen LogP contribution in [0.3, 0.4) is 0 Å². The zero-order valence-corrected chi connectivity index (χ0v) is 16.6. The van der Waals surface area contributed by atoms with Crippen LogP contribution in [-0.2, 0) is 11.8 Å². The SMILES string of the molecule is Cc1ccc(C(=O)NCC(=O)N[C@H](c2ccc(F)cc2)c2nccn2C)cc1C. The van der Waals surface area contributed by atoms with Crippen molar-refractivity contribution in [1.82, 2.24) is 20.2 Å². The highest BCUT2D eigenvalue weighted by Gasteiger charge is 2.21. The van der Waals surface area contributed by atoms with Gasteiger partial charge in [0.05, 0.1) is 6.54 Å². The monoisotopic (exact) mass is 394 g/mol. The van der Waals surface area contributed by atoms with Crippen molar-refractivity contribution in [3.8, 4) is 0 Å². The van der Waals surface area contributed by atoms with Gasteiger partial charge in [-0.25, -0.2) is 9.37 Å². The van der Waals surface area contributed by atoms with Crippen LogP contribution in [0.25, 0.3) is 0 Å². The first-order valence-corrected chi connectivity index (χ1v) is 9.22. The normalized spacial score (nSPS) is 11.7. The third-order valence-electron chi connectivity index (χ3n) is 4.80. The van der Waals surface area contributed by atoms with Crippen molar-refractivity contribution < 1.29 is 14.0 Å². The molecule has 1 heterocycles. The van der Waals surface area contributed by atoms with E-state index in [4.69, 9.17) is 0 Å². The third kappa shape index (κ3) is 4.87. The zero-order valence-electron chi connectivity index (χ0n) is 16.6. The molecular formula is C22H23FN4O2. The van der Waals surface area contributed by atoms with Gasteiger partial charge in [0.2, 0.25) is 5.91 Å². The van der Waals surface area contributed by atoms with Gasteiger partial charge in [0.15, 0.2) is 0 Å². The maximum absolute atomic E-state index is 13.3. The number of aromatic nitrogens is 2. The Hall–Kier alpha value is -3.48. The van der Waals surface area contributed by atoms with Crippen molar-refractivity contribution >= 4 is 11.8 Å². The minimum absolute atomic E-state index is 0.187. The average molecular weight is 394 g/mol. The number of aryl methyl sites for hydroxylation is 3. The molecule has 0 aliphatic heterocycles. The van der Waals surface area contributed by atoms with E-state index < -0.39 is 6.04 Å². The standard InChI is InChI=1S/C22H23FN4O2/c1-14-4-5-17(12-15(14)2)22(29)25-13-19(28)26-20(21-24-10-11-27(21)3)16-6-8-18(23)9-7-16/h4-12,20H,13H2,1-3H3,(H,25,29)(H,26,28)/t20-/m1/s1. The predicted molar refractivity (Wildman–Crippen MR) is 108 cm³/mol. The third-order valence-corrected chi connectivity index (χ3v) is 4.80. The molecule has 6 nitrogen and oxygen atoms in total. The lowest BCUT2D eigenvalue weighted by molar-refractivity contribution is -0.120. The lowest BCUT2D eigenvalue weighted by Crippen LogP contribution is -2.39. The number of carbonyl (C=O) groups excluding carboxylic acids is 2. The first kappa shape index (κ1) is 20.3. The van der Waals surface area contributed by atoms with Crippen molar-refractivity contribution in [2.24, 2.45) is 7.05 Å².